The third-order valence-electron chi connectivity index (χ3n) is 6.97. The molecule has 31 heavy (non-hydrogen) atoms. The molecule has 5 rings (SSSR count). The lowest BCUT2D eigenvalue weighted by Gasteiger charge is -2.37. The topological polar surface area (TPSA) is 48.7 Å². The molecule has 0 radical (unpaired) electrons. The van der Waals surface area contributed by atoms with Gasteiger partial charge in [-0.2, -0.15) is 0 Å². The van der Waals surface area contributed by atoms with Crippen LogP contribution in [0.1, 0.15) is 42.7 Å². The van der Waals surface area contributed by atoms with Crippen LogP contribution in [0.4, 0.5) is 5.69 Å². The van der Waals surface area contributed by atoms with E-state index in [1.165, 1.54) is 41.6 Å². The SMILES string of the molecule is O=C(NC1CCC(CCN2CCN(c3cccc4sccc34)CC2)CC1)c1ccco1. The number of furan rings is 1. The van der Waals surface area contributed by atoms with Gasteiger partial charge in [-0.05, 0) is 80.3 Å². The third kappa shape index (κ3) is 4.80. The summed E-state index contributed by atoms with van der Waals surface area (Å²) in [6.45, 7) is 5.72. The average molecular weight is 438 g/mol. The summed E-state index contributed by atoms with van der Waals surface area (Å²) in [5.74, 6) is 1.12. The molecule has 0 bridgehead atoms. The Morgan fingerprint density at radius 2 is 1.87 bits per heavy atom. The number of hydrogen-bond acceptors (Lipinski definition) is 5. The van der Waals surface area contributed by atoms with Crippen LogP contribution in [-0.2, 0) is 0 Å². The molecule has 1 amide bonds. The monoisotopic (exact) mass is 437 g/mol. The quantitative estimate of drug-likeness (QED) is 0.590. The summed E-state index contributed by atoms with van der Waals surface area (Å²) in [7, 11) is 0. The standard InChI is InChI=1S/C25H31N3O2S/c29-25(23-4-2-17-30-23)26-20-8-6-19(7-9-20)10-12-27-13-15-28(16-14-27)22-3-1-5-24-21(22)11-18-31-24/h1-5,11,17-20H,6-10,12-16H2,(H,26,29). The molecule has 2 aliphatic rings. The van der Waals surface area contributed by atoms with Gasteiger partial charge in [0.25, 0.3) is 5.91 Å². The molecule has 2 fully saturated rings. The highest BCUT2D eigenvalue weighted by atomic mass is 32.1. The molecule has 1 N–H and O–H groups in total. The molecule has 1 saturated heterocycles. The molecule has 0 spiro atoms. The van der Waals surface area contributed by atoms with Crippen LogP contribution in [0.2, 0.25) is 0 Å². The highest BCUT2D eigenvalue weighted by molar-refractivity contribution is 7.17. The first kappa shape index (κ1) is 20.6. The van der Waals surface area contributed by atoms with Gasteiger partial charge in [0.1, 0.15) is 0 Å². The zero-order valence-electron chi connectivity index (χ0n) is 18.0. The predicted octanol–water partition coefficient (Wildman–Crippen LogP) is 5.00. The molecular weight excluding hydrogens is 406 g/mol. The number of anilines is 1. The van der Waals surface area contributed by atoms with Crippen molar-refractivity contribution in [3.63, 3.8) is 0 Å². The molecule has 1 aliphatic heterocycles. The molecule has 1 saturated carbocycles. The fourth-order valence-corrected chi connectivity index (χ4v) is 5.90. The van der Waals surface area contributed by atoms with Gasteiger partial charge in [-0.15, -0.1) is 11.3 Å². The van der Waals surface area contributed by atoms with Gasteiger partial charge in [0, 0.05) is 48.0 Å². The second-order valence-corrected chi connectivity index (χ2v) is 9.84. The summed E-state index contributed by atoms with van der Waals surface area (Å²) >= 11 is 1.83. The maximum Gasteiger partial charge on any atom is 0.287 e. The van der Waals surface area contributed by atoms with Crippen molar-refractivity contribution in [3.8, 4) is 0 Å². The number of carbonyl (C=O) groups is 1. The first-order chi connectivity index (χ1) is 15.3. The number of nitrogens with one attached hydrogen (secondary N) is 1. The Morgan fingerprint density at radius 3 is 2.65 bits per heavy atom. The summed E-state index contributed by atoms with van der Waals surface area (Å²) in [4.78, 5) is 17.3. The van der Waals surface area contributed by atoms with Gasteiger partial charge in [-0.3, -0.25) is 9.69 Å². The Morgan fingerprint density at radius 1 is 1.03 bits per heavy atom. The first-order valence-corrected chi connectivity index (χ1v) is 12.4. The maximum absolute atomic E-state index is 12.2. The summed E-state index contributed by atoms with van der Waals surface area (Å²) < 4.78 is 6.58. The van der Waals surface area contributed by atoms with Crippen LogP contribution in [-0.4, -0.2) is 49.6 Å². The van der Waals surface area contributed by atoms with Crippen molar-refractivity contribution >= 4 is 33.0 Å². The van der Waals surface area contributed by atoms with Gasteiger partial charge in [0.15, 0.2) is 5.76 Å². The summed E-state index contributed by atoms with van der Waals surface area (Å²) in [6.07, 6.45) is 7.41. The number of hydrogen-bond donors (Lipinski definition) is 1. The van der Waals surface area contributed by atoms with E-state index in [2.05, 4.69) is 44.8 Å². The average Bonchev–Trinajstić information content (AvgIpc) is 3.51. The van der Waals surface area contributed by atoms with Crippen molar-refractivity contribution in [1.29, 1.82) is 0 Å². The smallest absolute Gasteiger partial charge is 0.287 e. The number of fused-ring (bicyclic) bond motifs is 1. The Balaban J connectivity index is 1.03. The molecule has 3 aromatic rings. The number of nitrogens with zero attached hydrogens (tertiary/aromatic N) is 2. The van der Waals surface area contributed by atoms with Crippen LogP contribution in [0.15, 0.2) is 52.5 Å². The van der Waals surface area contributed by atoms with Gasteiger partial charge in [0.05, 0.1) is 6.26 Å². The van der Waals surface area contributed by atoms with Gasteiger partial charge in [-0.1, -0.05) is 6.07 Å². The predicted molar refractivity (Wildman–Crippen MR) is 127 cm³/mol. The molecule has 1 aliphatic carbocycles. The van der Waals surface area contributed by atoms with Crippen LogP contribution >= 0.6 is 11.3 Å². The van der Waals surface area contributed by atoms with Gasteiger partial charge in [-0.25, -0.2) is 0 Å². The molecular formula is C25H31N3O2S. The molecule has 6 heteroatoms. The van der Waals surface area contributed by atoms with Crippen molar-refractivity contribution in [3.05, 3.63) is 53.8 Å². The summed E-state index contributed by atoms with van der Waals surface area (Å²) in [5.41, 5.74) is 1.40. The van der Waals surface area contributed by atoms with Crippen molar-refractivity contribution < 1.29 is 9.21 Å². The lowest BCUT2D eigenvalue weighted by Crippen LogP contribution is -2.47. The zero-order valence-corrected chi connectivity index (χ0v) is 18.8. The molecule has 1 aromatic carbocycles. The molecule has 2 aromatic heterocycles. The number of thiophene rings is 1. The lowest BCUT2D eigenvalue weighted by molar-refractivity contribution is 0.0891. The largest absolute Gasteiger partial charge is 0.459 e. The van der Waals surface area contributed by atoms with E-state index in [1.807, 2.05) is 11.3 Å². The fraction of sp³-hybridized carbons (Fsp3) is 0.480. The summed E-state index contributed by atoms with van der Waals surface area (Å²) in [6, 6.07) is 12.7. The molecule has 0 unspecified atom stereocenters. The minimum Gasteiger partial charge on any atom is -0.459 e. The Labute approximate surface area is 188 Å². The van der Waals surface area contributed by atoms with E-state index in [0.717, 1.165) is 44.9 Å². The molecule has 0 atom stereocenters. The van der Waals surface area contributed by atoms with Crippen LogP contribution < -0.4 is 10.2 Å². The molecule has 164 valence electrons. The number of piperazine rings is 1. The number of benzene rings is 1. The van der Waals surface area contributed by atoms with Gasteiger partial charge in [0.2, 0.25) is 0 Å². The normalized spacial score (nSPS) is 22.6. The maximum atomic E-state index is 12.2. The van der Waals surface area contributed by atoms with E-state index in [0.29, 0.717) is 5.76 Å². The minimum absolute atomic E-state index is 0.0792. The second-order valence-electron chi connectivity index (χ2n) is 8.90. The first-order valence-electron chi connectivity index (χ1n) is 11.5. The Bertz CT molecular complexity index is 983. The van der Waals surface area contributed by atoms with E-state index in [9.17, 15) is 4.79 Å². The minimum atomic E-state index is -0.0792. The van der Waals surface area contributed by atoms with E-state index in [4.69, 9.17) is 4.42 Å². The van der Waals surface area contributed by atoms with E-state index < -0.39 is 0 Å². The highest BCUT2D eigenvalue weighted by Crippen LogP contribution is 2.31. The Kier molecular flexibility index (Phi) is 6.27. The fourth-order valence-electron chi connectivity index (χ4n) is 5.09. The van der Waals surface area contributed by atoms with Crippen molar-refractivity contribution in [2.75, 3.05) is 37.6 Å². The highest BCUT2D eigenvalue weighted by Gasteiger charge is 2.25. The van der Waals surface area contributed by atoms with Crippen LogP contribution in [0, 0.1) is 5.92 Å². The molecule has 3 heterocycles. The van der Waals surface area contributed by atoms with E-state index in [1.54, 1.807) is 18.4 Å². The van der Waals surface area contributed by atoms with E-state index in [-0.39, 0.29) is 11.9 Å². The van der Waals surface area contributed by atoms with Crippen molar-refractivity contribution in [1.82, 2.24) is 10.2 Å². The van der Waals surface area contributed by atoms with Gasteiger partial charge < -0.3 is 14.6 Å². The number of rotatable bonds is 6. The number of amides is 1. The van der Waals surface area contributed by atoms with Crippen molar-refractivity contribution in [2.24, 2.45) is 5.92 Å². The number of carbonyl (C=O) groups excluding carboxylic acids is 1. The second kappa shape index (κ2) is 9.45. The summed E-state index contributed by atoms with van der Waals surface area (Å²) in [5, 5.41) is 6.73. The van der Waals surface area contributed by atoms with Crippen LogP contribution in [0.3, 0.4) is 0 Å². The van der Waals surface area contributed by atoms with Gasteiger partial charge >= 0.3 is 0 Å². The zero-order chi connectivity index (χ0) is 21.0. The molecule has 5 nitrogen and oxygen atoms in total. The lowest BCUT2D eigenvalue weighted by atomic mass is 9.84. The van der Waals surface area contributed by atoms with Crippen LogP contribution in [0.25, 0.3) is 10.1 Å². The Hall–Kier alpha value is -2.31. The van der Waals surface area contributed by atoms with Crippen LogP contribution in [0.5, 0.6) is 0 Å². The van der Waals surface area contributed by atoms with E-state index >= 15 is 0 Å². The third-order valence-corrected chi connectivity index (χ3v) is 7.85. The van der Waals surface area contributed by atoms with Crippen molar-refractivity contribution in [2.45, 2.75) is 38.1 Å².